The maximum absolute atomic E-state index is 12.1. The molecule has 154 valence electrons. The monoisotopic (exact) mass is 378 g/mol. The van der Waals surface area contributed by atoms with E-state index < -0.39 is 6.09 Å². The summed E-state index contributed by atoms with van der Waals surface area (Å²) in [5.74, 6) is 0.698. The fourth-order valence-electron chi connectivity index (χ4n) is 2.96. The van der Waals surface area contributed by atoms with Crippen LogP contribution in [0.15, 0.2) is 24.3 Å². The summed E-state index contributed by atoms with van der Waals surface area (Å²) in [5, 5.41) is 2.80. The molecule has 0 aromatic heterocycles. The first-order valence-corrected chi connectivity index (χ1v) is 10.6. The molecule has 1 aromatic carbocycles. The number of nitrogens with one attached hydrogen (secondary N) is 1. The Labute approximate surface area is 165 Å². The third-order valence-corrected chi connectivity index (χ3v) is 4.35. The van der Waals surface area contributed by atoms with E-state index in [1.54, 1.807) is 0 Å². The zero-order chi connectivity index (χ0) is 19.7. The average molecular weight is 379 g/mol. The van der Waals surface area contributed by atoms with Gasteiger partial charge in [0.05, 0.1) is 12.3 Å². The third-order valence-electron chi connectivity index (χ3n) is 4.35. The van der Waals surface area contributed by atoms with Crippen LogP contribution in [0.4, 0.5) is 10.5 Å². The van der Waals surface area contributed by atoms with Gasteiger partial charge in [0, 0.05) is 6.54 Å². The van der Waals surface area contributed by atoms with E-state index >= 15 is 0 Å². The van der Waals surface area contributed by atoms with Gasteiger partial charge in [-0.25, -0.2) is 4.79 Å². The van der Waals surface area contributed by atoms with Crippen LogP contribution in [0.5, 0.6) is 5.75 Å². The van der Waals surface area contributed by atoms with Gasteiger partial charge in [-0.1, -0.05) is 58.6 Å². The molecule has 1 rings (SSSR count). The molecular weight excluding hydrogens is 340 g/mol. The molecule has 0 aliphatic carbocycles. The molecule has 1 N–H and O–H groups in total. The van der Waals surface area contributed by atoms with Crippen LogP contribution in [-0.2, 0) is 4.74 Å². The summed E-state index contributed by atoms with van der Waals surface area (Å²) in [4.78, 5) is 14.4. The molecule has 1 aromatic rings. The molecular formula is C22H38N2O3. The smallest absolute Gasteiger partial charge is 0.411 e. The summed E-state index contributed by atoms with van der Waals surface area (Å²) >= 11 is 0. The molecule has 0 spiro atoms. The Morgan fingerprint density at radius 2 is 1.59 bits per heavy atom. The van der Waals surface area contributed by atoms with Crippen molar-refractivity contribution in [3.05, 3.63) is 24.3 Å². The first-order valence-electron chi connectivity index (χ1n) is 10.6. The van der Waals surface area contributed by atoms with E-state index in [2.05, 4.69) is 31.0 Å². The number of carbonyl (C=O) groups excluding carboxylic acids is 1. The highest BCUT2D eigenvalue weighted by molar-refractivity contribution is 5.86. The molecule has 0 bridgehead atoms. The molecule has 0 aliphatic rings. The van der Waals surface area contributed by atoms with Crippen molar-refractivity contribution in [2.75, 3.05) is 38.2 Å². The number of anilines is 1. The molecule has 0 fully saturated rings. The molecule has 0 aliphatic heterocycles. The van der Waals surface area contributed by atoms with Crippen molar-refractivity contribution < 1.29 is 14.3 Å². The summed E-state index contributed by atoms with van der Waals surface area (Å²) in [7, 11) is 0. The quantitative estimate of drug-likeness (QED) is 0.397. The van der Waals surface area contributed by atoms with Crippen molar-refractivity contribution in [2.24, 2.45) is 0 Å². The van der Waals surface area contributed by atoms with Gasteiger partial charge < -0.3 is 9.47 Å². The van der Waals surface area contributed by atoms with Gasteiger partial charge in [-0.2, -0.15) is 0 Å². The lowest BCUT2D eigenvalue weighted by molar-refractivity contribution is 0.139. The number of benzene rings is 1. The van der Waals surface area contributed by atoms with E-state index in [1.165, 1.54) is 25.7 Å². The Morgan fingerprint density at radius 1 is 0.889 bits per heavy atom. The SMILES string of the molecule is CCCCCCCOc1ccccc1NC(=O)OCCN(CCC)CCC. The summed E-state index contributed by atoms with van der Waals surface area (Å²) in [5.41, 5.74) is 0.662. The Morgan fingerprint density at radius 3 is 2.30 bits per heavy atom. The Kier molecular flexibility index (Phi) is 13.2. The van der Waals surface area contributed by atoms with E-state index in [-0.39, 0.29) is 0 Å². The number of hydrogen-bond acceptors (Lipinski definition) is 4. The van der Waals surface area contributed by atoms with Gasteiger partial charge in [0.25, 0.3) is 0 Å². The Hall–Kier alpha value is -1.75. The van der Waals surface area contributed by atoms with Gasteiger partial charge in [-0.3, -0.25) is 10.2 Å². The minimum absolute atomic E-state index is 0.395. The van der Waals surface area contributed by atoms with E-state index in [1.807, 2.05) is 24.3 Å². The zero-order valence-corrected chi connectivity index (χ0v) is 17.5. The van der Waals surface area contributed by atoms with E-state index in [9.17, 15) is 4.79 Å². The van der Waals surface area contributed by atoms with Crippen molar-refractivity contribution in [2.45, 2.75) is 65.7 Å². The van der Waals surface area contributed by atoms with Crippen LogP contribution >= 0.6 is 0 Å². The minimum Gasteiger partial charge on any atom is -0.491 e. The Balaban J connectivity index is 2.36. The van der Waals surface area contributed by atoms with Crippen molar-refractivity contribution >= 4 is 11.8 Å². The molecule has 1 amide bonds. The number of ether oxygens (including phenoxy) is 2. The van der Waals surface area contributed by atoms with E-state index in [4.69, 9.17) is 9.47 Å². The largest absolute Gasteiger partial charge is 0.491 e. The van der Waals surface area contributed by atoms with Crippen LogP contribution in [0.3, 0.4) is 0 Å². The third kappa shape index (κ3) is 10.9. The van der Waals surface area contributed by atoms with Crippen LogP contribution in [0, 0.1) is 0 Å². The molecule has 0 unspecified atom stereocenters. The topological polar surface area (TPSA) is 50.8 Å². The predicted molar refractivity (Wildman–Crippen MR) is 113 cm³/mol. The van der Waals surface area contributed by atoms with Crippen LogP contribution in [0.25, 0.3) is 0 Å². The fraction of sp³-hybridized carbons (Fsp3) is 0.682. The second-order valence-corrected chi connectivity index (χ2v) is 6.86. The summed E-state index contributed by atoms with van der Waals surface area (Å²) in [6, 6.07) is 7.52. The highest BCUT2D eigenvalue weighted by Crippen LogP contribution is 2.24. The summed E-state index contributed by atoms with van der Waals surface area (Å²) < 4.78 is 11.2. The van der Waals surface area contributed by atoms with Gasteiger partial charge in [0.2, 0.25) is 0 Å². The van der Waals surface area contributed by atoms with E-state index in [0.717, 1.165) is 38.9 Å². The number of amides is 1. The number of unbranched alkanes of at least 4 members (excludes halogenated alkanes) is 4. The minimum atomic E-state index is -0.429. The standard InChI is InChI=1S/C22H38N2O3/c1-4-7-8-9-12-18-26-21-14-11-10-13-20(21)23-22(25)27-19-17-24(15-5-2)16-6-3/h10-11,13-14H,4-9,12,15-19H2,1-3H3,(H,23,25). The molecule has 0 saturated heterocycles. The zero-order valence-electron chi connectivity index (χ0n) is 17.5. The Bertz CT molecular complexity index is 502. The lowest BCUT2D eigenvalue weighted by Gasteiger charge is -2.20. The maximum atomic E-state index is 12.1. The number of rotatable bonds is 15. The van der Waals surface area contributed by atoms with E-state index in [0.29, 0.717) is 24.7 Å². The van der Waals surface area contributed by atoms with Crippen LogP contribution in [0.1, 0.15) is 65.7 Å². The highest BCUT2D eigenvalue weighted by Gasteiger charge is 2.09. The van der Waals surface area contributed by atoms with Crippen molar-refractivity contribution in [1.82, 2.24) is 4.90 Å². The average Bonchev–Trinajstić information content (AvgIpc) is 2.66. The second-order valence-electron chi connectivity index (χ2n) is 6.86. The van der Waals surface area contributed by atoms with Gasteiger partial charge >= 0.3 is 6.09 Å². The molecule has 5 heteroatoms. The van der Waals surface area contributed by atoms with Gasteiger partial charge in [0.15, 0.2) is 0 Å². The molecule has 5 nitrogen and oxygen atoms in total. The van der Waals surface area contributed by atoms with Crippen molar-refractivity contribution in [3.63, 3.8) is 0 Å². The number of para-hydroxylation sites is 2. The van der Waals surface area contributed by atoms with Crippen LogP contribution in [0.2, 0.25) is 0 Å². The molecule has 27 heavy (non-hydrogen) atoms. The first kappa shape index (κ1) is 23.3. The number of nitrogens with zero attached hydrogens (tertiary/aromatic N) is 1. The van der Waals surface area contributed by atoms with Crippen LogP contribution in [-0.4, -0.2) is 43.8 Å². The number of hydrogen-bond donors (Lipinski definition) is 1. The maximum Gasteiger partial charge on any atom is 0.411 e. The lowest BCUT2D eigenvalue weighted by Crippen LogP contribution is -2.30. The summed E-state index contributed by atoms with van der Waals surface area (Å²) in [6.07, 6.45) is 7.76. The molecule has 0 radical (unpaired) electrons. The highest BCUT2D eigenvalue weighted by atomic mass is 16.5. The van der Waals surface area contributed by atoms with Gasteiger partial charge in [0.1, 0.15) is 12.4 Å². The summed E-state index contributed by atoms with van der Waals surface area (Å²) in [6.45, 7) is 10.4. The van der Waals surface area contributed by atoms with Gasteiger partial charge in [-0.15, -0.1) is 0 Å². The molecule has 0 heterocycles. The van der Waals surface area contributed by atoms with Crippen molar-refractivity contribution in [3.8, 4) is 5.75 Å². The van der Waals surface area contributed by atoms with Gasteiger partial charge in [-0.05, 0) is 44.5 Å². The van der Waals surface area contributed by atoms with Crippen LogP contribution < -0.4 is 10.1 Å². The first-order chi connectivity index (χ1) is 13.2. The fourth-order valence-corrected chi connectivity index (χ4v) is 2.96. The molecule has 0 atom stereocenters. The predicted octanol–water partition coefficient (Wildman–Crippen LogP) is 5.71. The lowest BCUT2D eigenvalue weighted by atomic mass is 10.2. The number of carbonyl (C=O) groups is 1. The molecule has 0 saturated carbocycles. The second kappa shape index (κ2) is 15.3. The normalized spacial score (nSPS) is 10.8. The van der Waals surface area contributed by atoms with Crippen molar-refractivity contribution in [1.29, 1.82) is 0 Å².